The van der Waals surface area contributed by atoms with Gasteiger partial charge in [-0.3, -0.25) is 19.8 Å². The maximum absolute atomic E-state index is 13.2. The molecule has 3 heterocycles. The molecule has 9 nitrogen and oxygen atoms in total. The Morgan fingerprint density at radius 1 is 1.17 bits per heavy atom. The average molecular weight is 529 g/mol. The van der Waals surface area contributed by atoms with Crippen molar-refractivity contribution >= 4 is 38.7 Å². The predicted molar refractivity (Wildman–Crippen MR) is 138 cm³/mol. The van der Waals surface area contributed by atoms with E-state index >= 15 is 0 Å². The van der Waals surface area contributed by atoms with Gasteiger partial charge in [-0.15, -0.1) is 11.3 Å². The molecule has 11 heteroatoms. The molecule has 1 aliphatic rings. The molecule has 3 aromatic rings. The fourth-order valence-electron chi connectivity index (χ4n) is 4.50. The van der Waals surface area contributed by atoms with E-state index in [1.54, 1.807) is 48.2 Å². The molecular weight excluding hydrogens is 500 g/mol. The molecule has 190 valence electrons. The lowest BCUT2D eigenvalue weighted by atomic mass is 9.94. The number of nitrogens with one attached hydrogen (secondary N) is 2. The second kappa shape index (κ2) is 10.9. The molecule has 0 bridgehead atoms. The van der Waals surface area contributed by atoms with E-state index in [1.807, 2.05) is 18.2 Å². The maximum Gasteiger partial charge on any atom is 0.245 e. The van der Waals surface area contributed by atoms with Crippen LogP contribution >= 0.6 is 11.3 Å². The summed E-state index contributed by atoms with van der Waals surface area (Å²) < 4.78 is 24.9. The van der Waals surface area contributed by atoms with Crippen molar-refractivity contribution in [2.75, 3.05) is 11.1 Å². The first-order valence-electron chi connectivity index (χ1n) is 11.6. The van der Waals surface area contributed by atoms with Crippen LogP contribution in [0.5, 0.6) is 0 Å². The fraction of sp³-hybridized carbons (Fsp3) is 0.320. The van der Waals surface area contributed by atoms with Gasteiger partial charge in [0.2, 0.25) is 11.8 Å². The Balaban J connectivity index is 1.55. The Bertz CT molecular complexity index is 1340. The van der Waals surface area contributed by atoms with Crippen molar-refractivity contribution in [2.45, 2.75) is 42.9 Å². The van der Waals surface area contributed by atoms with Gasteiger partial charge in [-0.2, -0.15) is 0 Å². The smallest absolute Gasteiger partial charge is 0.245 e. The van der Waals surface area contributed by atoms with Crippen molar-refractivity contribution in [1.82, 2.24) is 10.5 Å². The molecule has 0 saturated carbocycles. The van der Waals surface area contributed by atoms with Gasteiger partial charge in [-0.25, -0.2) is 13.9 Å². The summed E-state index contributed by atoms with van der Waals surface area (Å²) in [6, 6.07) is 13.7. The van der Waals surface area contributed by atoms with Gasteiger partial charge in [0.15, 0.2) is 9.84 Å². The zero-order valence-corrected chi connectivity index (χ0v) is 21.1. The van der Waals surface area contributed by atoms with Crippen LogP contribution in [0.4, 0.5) is 5.69 Å². The molecule has 2 amide bonds. The lowest BCUT2D eigenvalue weighted by Crippen LogP contribution is -2.43. The van der Waals surface area contributed by atoms with Gasteiger partial charge >= 0.3 is 0 Å². The molecule has 0 aliphatic carbocycles. The third-order valence-corrected chi connectivity index (χ3v) is 10.4. The molecule has 5 N–H and O–H groups in total. The highest BCUT2D eigenvalue weighted by atomic mass is 32.2. The molecule has 1 saturated heterocycles. The number of hydroxylamine groups is 1. The number of carbonyl (C=O) groups is 2. The summed E-state index contributed by atoms with van der Waals surface area (Å²) in [6.07, 6.45) is 4.88. The Morgan fingerprint density at radius 2 is 2.00 bits per heavy atom. The van der Waals surface area contributed by atoms with Crippen LogP contribution in [0, 0.1) is 0 Å². The van der Waals surface area contributed by atoms with Crippen molar-refractivity contribution in [3.63, 3.8) is 0 Å². The van der Waals surface area contributed by atoms with Crippen molar-refractivity contribution in [2.24, 2.45) is 5.73 Å². The van der Waals surface area contributed by atoms with E-state index in [0.29, 0.717) is 36.2 Å². The molecule has 1 fully saturated rings. The summed E-state index contributed by atoms with van der Waals surface area (Å²) in [5.41, 5.74) is 9.88. The molecule has 1 unspecified atom stereocenters. The number of amides is 2. The van der Waals surface area contributed by atoms with Gasteiger partial charge in [-0.1, -0.05) is 24.6 Å². The molecule has 1 aromatic carbocycles. The van der Waals surface area contributed by atoms with Crippen molar-refractivity contribution in [3.8, 4) is 10.4 Å². The molecular formula is C25H28N4O5S2. The first-order chi connectivity index (χ1) is 17.2. The number of hydrogen-bond donors (Lipinski definition) is 4. The highest BCUT2D eigenvalue weighted by Crippen LogP contribution is 2.47. The minimum Gasteiger partial charge on any atom is -0.325 e. The van der Waals surface area contributed by atoms with Gasteiger partial charge in [0.1, 0.15) is 4.75 Å². The van der Waals surface area contributed by atoms with E-state index in [-0.39, 0.29) is 18.1 Å². The minimum atomic E-state index is -3.61. The second-order valence-corrected chi connectivity index (χ2v) is 12.4. The maximum atomic E-state index is 13.2. The normalized spacial score (nSPS) is 19.8. The van der Waals surface area contributed by atoms with Crippen LogP contribution < -0.4 is 16.5 Å². The average Bonchev–Trinajstić information content (AvgIpc) is 3.37. The first-order valence-corrected chi connectivity index (χ1v) is 14.0. The van der Waals surface area contributed by atoms with Crippen LogP contribution in [0.1, 0.15) is 36.1 Å². The number of sulfone groups is 1. The van der Waals surface area contributed by atoms with Gasteiger partial charge in [0, 0.05) is 27.8 Å². The van der Waals surface area contributed by atoms with Crippen LogP contribution in [0.15, 0.2) is 60.9 Å². The number of carbonyl (C=O) groups excluding carboxylic acids is 2. The topological polar surface area (TPSA) is 151 Å². The Morgan fingerprint density at radius 3 is 2.72 bits per heavy atom. The zero-order valence-electron chi connectivity index (χ0n) is 19.5. The highest BCUT2D eigenvalue weighted by Gasteiger charge is 2.49. The molecule has 2 aromatic heterocycles. The largest absolute Gasteiger partial charge is 0.325 e. The lowest BCUT2D eigenvalue weighted by molar-refractivity contribution is -0.130. The third-order valence-electron chi connectivity index (χ3n) is 6.39. The van der Waals surface area contributed by atoms with E-state index in [0.717, 1.165) is 16.0 Å². The van der Waals surface area contributed by atoms with Crippen LogP contribution in [-0.4, -0.2) is 42.2 Å². The highest BCUT2D eigenvalue weighted by molar-refractivity contribution is 7.92. The number of pyridine rings is 1. The standard InChI is InChI=1S/C25H28N4O5S2/c26-20(13-17-5-4-11-27-16-17)24(31)28-19-7-3-6-18(14-19)21-8-9-22(35-21)25(15-23(30)29-32)10-1-2-12-36(25,33)34/h3-9,11,14,16,20,32H,1-2,10,12-13,15,26H2,(H,28,31)(H,29,30)/t20?,25-/m0/s1. The minimum absolute atomic E-state index is 0.000240. The predicted octanol–water partition coefficient (Wildman–Crippen LogP) is 3.01. The number of rotatable bonds is 8. The monoisotopic (exact) mass is 528 g/mol. The molecule has 0 spiro atoms. The SMILES string of the molecule is NC(Cc1cccnc1)C(=O)Nc1cccc(-c2ccc([C@@]3(CC(=O)NO)CCCCS3(=O)=O)s2)c1. The first kappa shape index (κ1) is 26.0. The third kappa shape index (κ3) is 5.49. The van der Waals surface area contributed by atoms with E-state index in [1.165, 1.54) is 11.3 Å². The van der Waals surface area contributed by atoms with Gasteiger partial charge < -0.3 is 11.1 Å². The molecule has 0 radical (unpaired) electrons. The number of nitrogens with two attached hydrogens (primary N) is 1. The number of benzene rings is 1. The Kier molecular flexibility index (Phi) is 7.84. The number of anilines is 1. The summed E-state index contributed by atoms with van der Waals surface area (Å²) in [6.45, 7) is 0. The quantitative estimate of drug-likeness (QED) is 0.259. The summed E-state index contributed by atoms with van der Waals surface area (Å²) in [4.78, 5) is 30.1. The van der Waals surface area contributed by atoms with Gasteiger partial charge in [0.25, 0.3) is 0 Å². The van der Waals surface area contributed by atoms with Crippen LogP contribution in [-0.2, 0) is 30.6 Å². The Labute approximate surface area is 213 Å². The molecule has 2 atom stereocenters. The Hall–Kier alpha value is -3.12. The van der Waals surface area contributed by atoms with Crippen molar-refractivity contribution in [1.29, 1.82) is 0 Å². The number of nitrogens with zero attached hydrogens (tertiary/aromatic N) is 1. The molecule has 4 rings (SSSR count). The number of hydrogen-bond acceptors (Lipinski definition) is 8. The second-order valence-electron chi connectivity index (χ2n) is 8.89. The summed E-state index contributed by atoms with van der Waals surface area (Å²) >= 11 is 1.30. The summed E-state index contributed by atoms with van der Waals surface area (Å²) in [7, 11) is -3.61. The fourth-order valence-corrected chi connectivity index (χ4v) is 8.28. The van der Waals surface area contributed by atoms with Gasteiger partial charge in [0.05, 0.1) is 18.2 Å². The van der Waals surface area contributed by atoms with Crippen LogP contribution in [0.25, 0.3) is 10.4 Å². The van der Waals surface area contributed by atoms with Gasteiger partial charge in [-0.05, 0) is 60.7 Å². The van der Waals surface area contributed by atoms with Crippen molar-refractivity contribution < 1.29 is 23.2 Å². The molecule has 36 heavy (non-hydrogen) atoms. The van der Waals surface area contributed by atoms with Crippen LogP contribution in [0.3, 0.4) is 0 Å². The van der Waals surface area contributed by atoms with Crippen molar-refractivity contribution in [3.05, 3.63) is 71.4 Å². The molecule has 1 aliphatic heterocycles. The van der Waals surface area contributed by atoms with Crippen LogP contribution in [0.2, 0.25) is 0 Å². The number of thiophene rings is 1. The summed E-state index contributed by atoms with van der Waals surface area (Å²) in [5, 5.41) is 11.9. The lowest BCUT2D eigenvalue weighted by Gasteiger charge is -2.35. The van der Waals surface area contributed by atoms with E-state index in [9.17, 15) is 18.0 Å². The van der Waals surface area contributed by atoms with E-state index in [4.69, 9.17) is 10.9 Å². The van der Waals surface area contributed by atoms with E-state index < -0.39 is 26.5 Å². The van der Waals surface area contributed by atoms with E-state index in [2.05, 4.69) is 10.3 Å². The number of aromatic nitrogens is 1. The zero-order chi connectivity index (χ0) is 25.8. The summed E-state index contributed by atoms with van der Waals surface area (Å²) in [5.74, 6) is -1.06.